The molecule has 32 heavy (non-hydrogen) atoms. The van der Waals surface area contributed by atoms with E-state index < -0.39 is 6.10 Å². The highest BCUT2D eigenvalue weighted by atomic mass is 79.9. The van der Waals surface area contributed by atoms with Gasteiger partial charge in [0.1, 0.15) is 5.69 Å². The zero-order chi connectivity index (χ0) is 21.8. The molecule has 2 atom stereocenters. The van der Waals surface area contributed by atoms with Crippen LogP contribution in [0.15, 0.2) is 41.1 Å². The van der Waals surface area contributed by atoms with Crippen molar-refractivity contribution in [2.75, 3.05) is 19.6 Å². The number of benzene rings is 1. The standard InChI is InChI=1S/C24H26BrN5O2/c25-18-12-30-13-19(26-24(30)27-22(18)16-5-6-16)23(32)29-10-8-20(21(31)14-29)28-9-7-15-3-1-2-4-17(15)11-28/h1-4,12-13,16,20-21,31H,5-11,14H2/t20-,21-/m0/s1. The van der Waals surface area contributed by atoms with Crippen molar-refractivity contribution in [2.45, 2.75) is 50.3 Å². The van der Waals surface area contributed by atoms with E-state index in [0.29, 0.717) is 30.5 Å². The molecule has 2 aromatic heterocycles. The van der Waals surface area contributed by atoms with Crippen molar-refractivity contribution in [3.63, 3.8) is 0 Å². The zero-order valence-electron chi connectivity index (χ0n) is 17.8. The summed E-state index contributed by atoms with van der Waals surface area (Å²) in [5.74, 6) is 0.920. The van der Waals surface area contributed by atoms with Crippen LogP contribution in [0.5, 0.6) is 0 Å². The minimum absolute atomic E-state index is 0.0761. The Labute approximate surface area is 195 Å². The normalized spacial score (nSPS) is 24.0. The second-order valence-electron chi connectivity index (χ2n) is 9.25. The van der Waals surface area contributed by atoms with Crippen LogP contribution < -0.4 is 0 Å². The molecule has 3 aliphatic rings. The molecule has 166 valence electrons. The summed E-state index contributed by atoms with van der Waals surface area (Å²) in [4.78, 5) is 26.4. The smallest absolute Gasteiger partial charge is 0.274 e. The third kappa shape index (κ3) is 3.64. The minimum Gasteiger partial charge on any atom is -0.390 e. The molecular formula is C24H26BrN5O2. The van der Waals surface area contributed by atoms with Crippen molar-refractivity contribution in [3.8, 4) is 0 Å². The van der Waals surface area contributed by atoms with Crippen LogP contribution in [-0.4, -0.2) is 67.0 Å². The molecule has 0 radical (unpaired) electrons. The van der Waals surface area contributed by atoms with Gasteiger partial charge in [-0.15, -0.1) is 0 Å². The first-order valence-electron chi connectivity index (χ1n) is 11.4. The van der Waals surface area contributed by atoms with E-state index in [1.54, 1.807) is 15.5 Å². The number of amides is 1. The number of aromatic nitrogens is 3. The van der Waals surface area contributed by atoms with Crippen LogP contribution in [0.3, 0.4) is 0 Å². The maximum atomic E-state index is 13.2. The average Bonchev–Trinajstić information content (AvgIpc) is 3.57. The lowest BCUT2D eigenvalue weighted by molar-refractivity contribution is -0.0139. The number of likely N-dealkylation sites (tertiary alicyclic amines) is 1. The topological polar surface area (TPSA) is 74.0 Å². The van der Waals surface area contributed by atoms with Gasteiger partial charge in [-0.2, -0.15) is 0 Å². The summed E-state index contributed by atoms with van der Waals surface area (Å²) in [6.07, 6.45) is 7.20. The van der Waals surface area contributed by atoms with Gasteiger partial charge >= 0.3 is 0 Å². The molecule has 1 amide bonds. The summed E-state index contributed by atoms with van der Waals surface area (Å²) in [5.41, 5.74) is 4.16. The molecule has 1 saturated carbocycles. The van der Waals surface area contributed by atoms with Crippen molar-refractivity contribution in [1.29, 1.82) is 0 Å². The van der Waals surface area contributed by atoms with Crippen molar-refractivity contribution in [1.82, 2.24) is 24.2 Å². The molecule has 7 nitrogen and oxygen atoms in total. The minimum atomic E-state index is -0.566. The van der Waals surface area contributed by atoms with E-state index in [4.69, 9.17) is 0 Å². The van der Waals surface area contributed by atoms with Gasteiger partial charge in [-0.3, -0.25) is 14.1 Å². The fourth-order valence-corrected chi connectivity index (χ4v) is 5.78. The SMILES string of the molecule is O=C(c1cn2cc(Br)c(C3CC3)nc2n1)N1CC[C@H](N2CCc3ccccc3C2)[C@@H](O)C1. The lowest BCUT2D eigenvalue weighted by Crippen LogP contribution is -2.56. The van der Waals surface area contributed by atoms with E-state index >= 15 is 0 Å². The van der Waals surface area contributed by atoms with Crippen molar-refractivity contribution in [3.05, 3.63) is 63.6 Å². The molecule has 1 aliphatic carbocycles. The second kappa shape index (κ2) is 7.93. The van der Waals surface area contributed by atoms with Crippen LogP contribution in [0, 0.1) is 0 Å². The molecule has 8 heteroatoms. The fourth-order valence-electron chi connectivity index (χ4n) is 5.15. The summed E-state index contributed by atoms with van der Waals surface area (Å²) in [6, 6.07) is 8.62. The van der Waals surface area contributed by atoms with E-state index in [1.165, 1.54) is 11.1 Å². The van der Waals surface area contributed by atoms with Gasteiger partial charge in [0.25, 0.3) is 5.91 Å². The second-order valence-corrected chi connectivity index (χ2v) is 10.1. The third-order valence-corrected chi connectivity index (χ3v) is 7.69. The first kappa shape index (κ1) is 20.3. The maximum Gasteiger partial charge on any atom is 0.274 e. The van der Waals surface area contributed by atoms with Gasteiger partial charge < -0.3 is 10.0 Å². The fraction of sp³-hybridized carbons (Fsp3) is 0.458. The zero-order valence-corrected chi connectivity index (χ0v) is 19.4. The van der Waals surface area contributed by atoms with Gasteiger partial charge in [0.05, 0.1) is 16.3 Å². The molecule has 6 rings (SSSR count). The summed E-state index contributed by atoms with van der Waals surface area (Å²) in [6.45, 7) is 2.77. The number of β-amino-alcohol motifs (C(OH)–C–C–N with tert-alkyl or cyclic N) is 1. The van der Waals surface area contributed by atoms with Crippen molar-refractivity contribution in [2.24, 2.45) is 0 Å². The number of imidazole rings is 1. The van der Waals surface area contributed by atoms with Crippen molar-refractivity contribution >= 4 is 27.6 Å². The van der Waals surface area contributed by atoms with Crippen LogP contribution >= 0.6 is 15.9 Å². The predicted octanol–water partition coefficient (Wildman–Crippen LogP) is 3.00. The van der Waals surface area contributed by atoms with Gasteiger partial charge in [-0.1, -0.05) is 24.3 Å². The van der Waals surface area contributed by atoms with Gasteiger partial charge in [0, 0.05) is 50.5 Å². The highest BCUT2D eigenvalue weighted by molar-refractivity contribution is 9.10. The average molecular weight is 496 g/mol. The number of fused-ring (bicyclic) bond motifs is 2. The Kier molecular flexibility index (Phi) is 5.04. The summed E-state index contributed by atoms with van der Waals surface area (Å²) >= 11 is 3.60. The van der Waals surface area contributed by atoms with Crippen LogP contribution in [0.25, 0.3) is 5.78 Å². The number of rotatable bonds is 3. The Balaban J connectivity index is 1.16. The molecule has 1 aromatic carbocycles. The molecular weight excluding hydrogens is 470 g/mol. The summed E-state index contributed by atoms with van der Waals surface area (Å²) in [5, 5.41) is 10.9. The largest absolute Gasteiger partial charge is 0.390 e. The number of hydrogen-bond acceptors (Lipinski definition) is 5. The van der Waals surface area contributed by atoms with E-state index in [0.717, 1.165) is 48.9 Å². The Bertz CT molecular complexity index is 1190. The summed E-state index contributed by atoms with van der Waals surface area (Å²) in [7, 11) is 0. The Hall–Kier alpha value is -2.29. The molecule has 0 bridgehead atoms. The van der Waals surface area contributed by atoms with Crippen LogP contribution in [0.4, 0.5) is 0 Å². The van der Waals surface area contributed by atoms with Crippen LogP contribution in [0.1, 0.15) is 52.5 Å². The van der Waals surface area contributed by atoms with E-state index in [-0.39, 0.29) is 11.9 Å². The molecule has 4 heterocycles. The predicted molar refractivity (Wildman–Crippen MR) is 124 cm³/mol. The van der Waals surface area contributed by atoms with Crippen LogP contribution in [-0.2, 0) is 13.0 Å². The number of carbonyl (C=O) groups is 1. The highest BCUT2D eigenvalue weighted by Gasteiger charge is 2.36. The Morgan fingerprint density at radius 2 is 1.88 bits per heavy atom. The number of aliphatic hydroxyl groups excluding tert-OH is 1. The molecule has 2 fully saturated rings. The summed E-state index contributed by atoms with van der Waals surface area (Å²) < 4.78 is 2.76. The maximum absolute atomic E-state index is 13.2. The first-order chi connectivity index (χ1) is 15.6. The van der Waals surface area contributed by atoms with Gasteiger partial charge in [-0.25, -0.2) is 9.97 Å². The third-order valence-electron chi connectivity index (χ3n) is 7.08. The van der Waals surface area contributed by atoms with Gasteiger partial charge in [-0.05, 0) is 52.7 Å². The van der Waals surface area contributed by atoms with Crippen molar-refractivity contribution < 1.29 is 9.90 Å². The lowest BCUT2D eigenvalue weighted by atomic mass is 9.94. The number of nitrogens with zero attached hydrogens (tertiary/aromatic N) is 5. The molecule has 3 aromatic rings. The van der Waals surface area contributed by atoms with E-state index in [2.05, 4.69) is 55.1 Å². The molecule has 0 unspecified atom stereocenters. The first-order valence-corrected chi connectivity index (χ1v) is 12.2. The van der Waals surface area contributed by atoms with Gasteiger partial charge in [0.15, 0.2) is 0 Å². The van der Waals surface area contributed by atoms with Crippen LogP contribution in [0.2, 0.25) is 0 Å². The van der Waals surface area contributed by atoms with E-state index in [1.807, 2.05) is 6.20 Å². The Morgan fingerprint density at radius 1 is 1.06 bits per heavy atom. The quantitative estimate of drug-likeness (QED) is 0.604. The number of piperidine rings is 1. The number of aliphatic hydroxyl groups is 1. The Morgan fingerprint density at radius 3 is 2.66 bits per heavy atom. The molecule has 2 aliphatic heterocycles. The monoisotopic (exact) mass is 495 g/mol. The number of hydrogen-bond donors (Lipinski definition) is 1. The molecule has 1 saturated heterocycles. The number of halogens is 1. The molecule has 1 N–H and O–H groups in total. The highest BCUT2D eigenvalue weighted by Crippen LogP contribution is 2.42. The lowest BCUT2D eigenvalue weighted by Gasteiger charge is -2.43. The van der Waals surface area contributed by atoms with Gasteiger partial charge in [0.2, 0.25) is 5.78 Å². The number of carbonyl (C=O) groups excluding carboxylic acids is 1. The molecule has 0 spiro atoms. The van der Waals surface area contributed by atoms with E-state index in [9.17, 15) is 9.90 Å².